The fraction of sp³-hybridized carbons (Fsp3) is 0.583. The lowest BCUT2D eigenvalue weighted by atomic mass is 9.92. The fourth-order valence-electron chi connectivity index (χ4n) is 1.75. The van der Waals surface area contributed by atoms with Gasteiger partial charge in [-0.25, -0.2) is 9.78 Å². The van der Waals surface area contributed by atoms with Gasteiger partial charge in [0.25, 0.3) is 0 Å². The fourth-order valence-corrected chi connectivity index (χ4v) is 2.36. The number of rotatable bonds is 6. The summed E-state index contributed by atoms with van der Waals surface area (Å²) < 4.78 is 0. The number of hydrogen-bond acceptors (Lipinski definition) is 4. The van der Waals surface area contributed by atoms with Gasteiger partial charge in [0.2, 0.25) is 5.91 Å². The number of nitrogens with zero attached hydrogens (tertiary/aromatic N) is 1. The van der Waals surface area contributed by atoms with Gasteiger partial charge < -0.3 is 10.4 Å². The summed E-state index contributed by atoms with van der Waals surface area (Å²) in [7, 11) is 0. The van der Waals surface area contributed by atoms with Gasteiger partial charge in [0.15, 0.2) is 0 Å². The molecule has 1 rings (SSSR count). The number of hydrogen-bond donors (Lipinski definition) is 2. The molecule has 0 fully saturated rings. The molecule has 2 N–H and O–H groups in total. The maximum Gasteiger partial charge on any atom is 0.329 e. The van der Waals surface area contributed by atoms with Crippen molar-refractivity contribution in [3.63, 3.8) is 0 Å². The minimum Gasteiger partial charge on any atom is -0.480 e. The van der Waals surface area contributed by atoms with Gasteiger partial charge in [0.1, 0.15) is 5.54 Å². The number of carboxylic acids is 1. The lowest BCUT2D eigenvalue weighted by Crippen LogP contribution is -2.54. The number of amides is 1. The highest BCUT2D eigenvalue weighted by atomic mass is 32.1. The molecule has 0 saturated carbocycles. The molecule has 0 unspecified atom stereocenters. The zero-order valence-electron chi connectivity index (χ0n) is 10.8. The molecule has 0 aliphatic carbocycles. The Morgan fingerprint density at radius 1 is 1.44 bits per heavy atom. The Kier molecular flexibility index (Phi) is 4.84. The number of thiazole rings is 1. The van der Waals surface area contributed by atoms with E-state index in [4.69, 9.17) is 0 Å². The van der Waals surface area contributed by atoms with Crippen LogP contribution in [0.25, 0.3) is 0 Å². The topological polar surface area (TPSA) is 79.3 Å². The van der Waals surface area contributed by atoms with Crippen LogP contribution in [0.2, 0.25) is 0 Å². The average molecular weight is 270 g/mol. The third kappa shape index (κ3) is 3.29. The molecule has 1 heterocycles. The first-order chi connectivity index (χ1) is 8.43. The van der Waals surface area contributed by atoms with Gasteiger partial charge in [-0.3, -0.25) is 4.79 Å². The molecule has 0 aliphatic rings. The first-order valence-electron chi connectivity index (χ1n) is 5.89. The van der Waals surface area contributed by atoms with Crippen LogP contribution < -0.4 is 5.32 Å². The van der Waals surface area contributed by atoms with Crippen molar-refractivity contribution in [2.75, 3.05) is 0 Å². The highest BCUT2D eigenvalue weighted by Gasteiger charge is 2.36. The Morgan fingerprint density at radius 3 is 2.44 bits per heavy atom. The summed E-state index contributed by atoms with van der Waals surface area (Å²) in [6, 6.07) is 0. The molecule has 0 radical (unpaired) electrons. The Hall–Kier alpha value is -1.43. The van der Waals surface area contributed by atoms with Crippen LogP contribution in [0.15, 0.2) is 5.38 Å². The summed E-state index contributed by atoms with van der Waals surface area (Å²) in [4.78, 5) is 27.3. The van der Waals surface area contributed by atoms with E-state index < -0.39 is 11.5 Å². The highest BCUT2D eigenvalue weighted by Crippen LogP contribution is 2.16. The largest absolute Gasteiger partial charge is 0.480 e. The van der Waals surface area contributed by atoms with Gasteiger partial charge in [-0.05, 0) is 19.8 Å². The van der Waals surface area contributed by atoms with Gasteiger partial charge in [-0.1, -0.05) is 13.8 Å². The third-order valence-electron chi connectivity index (χ3n) is 3.00. The van der Waals surface area contributed by atoms with E-state index in [0.717, 1.165) is 5.01 Å². The molecule has 0 spiro atoms. The summed E-state index contributed by atoms with van der Waals surface area (Å²) in [5, 5.41) is 14.5. The quantitative estimate of drug-likeness (QED) is 0.825. The maximum atomic E-state index is 11.8. The van der Waals surface area contributed by atoms with E-state index in [1.165, 1.54) is 11.3 Å². The van der Waals surface area contributed by atoms with Gasteiger partial charge >= 0.3 is 5.97 Å². The predicted octanol–water partition coefficient (Wildman–Crippen LogP) is 1.75. The Bertz CT molecular complexity index is 438. The third-order valence-corrected chi connectivity index (χ3v) is 3.83. The normalized spacial score (nSPS) is 11.3. The first-order valence-corrected chi connectivity index (χ1v) is 6.77. The van der Waals surface area contributed by atoms with E-state index in [0.29, 0.717) is 18.5 Å². The van der Waals surface area contributed by atoms with Crippen LogP contribution in [-0.2, 0) is 16.0 Å². The number of carbonyl (C=O) groups excluding carboxylic acids is 1. The Morgan fingerprint density at radius 2 is 2.06 bits per heavy atom. The van der Waals surface area contributed by atoms with Crippen LogP contribution in [0.4, 0.5) is 0 Å². The first kappa shape index (κ1) is 14.6. The van der Waals surface area contributed by atoms with E-state index >= 15 is 0 Å². The molecule has 18 heavy (non-hydrogen) atoms. The molecular weight excluding hydrogens is 252 g/mol. The zero-order chi connectivity index (χ0) is 13.8. The van der Waals surface area contributed by atoms with Crippen molar-refractivity contribution in [3.05, 3.63) is 16.1 Å². The second-order valence-corrected chi connectivity index (χ2v) is 5.24. The Labute approximate surface area is 110 Å². The number of nitrogens with one attached hydrogen (secondary N) is 1. The predicted molar refractivity (Wildman–Crippen MR) is 69.6 cm³/mol. The van der Waals surface area contributed by atoms with Crippen LogP contribution in [-0.4, -0.2) is 27.5 Å². The van der Waals surface area contributed by atoms with Crippen molar-refractivity contribution in [2.24, 2.45) is 0 Å². The van der Waals surface area contributed by atoms with E-state index in [9.17, 15) is 14.7 Å². The highest BCUT2D eigenvalue weighted by molar-refractivity contribution is 7.09. The van der Waals surface area contributed by atoms with E-state index in [2.05, 4.69) is 10.3 Å². The smallest absolute Gasteiger partial charge is 0.329 e. The second-order valence-electron chi connectivity index (χ2n) is 4.18. The van der Waals surface area contributed by atoms with Gasteiger partial charge in [0.05, 0.1) is 17.1 Å². The number of aliphatic carboxylic acids is 1. The van der Waals surface area contributed by atoms with E-state index in [1.807, 2.05) is 12.3 Å². The summed E-state index contributed by atoms with van der Waals surface area (Å²) >= 11 is 1.47. The molecule has 0 bridgehead atoms. The van der Waals surface area contributed by atoms with Crippen LogP contribution in [0.3, 0.4) is 0 Å². The van der Waals surface area contributed by atoms with Crippen LogP contribution in [0.5, 0.6) is 0 Å². The lowest BCUT2D eigenvalue weighted by Gasteiger charge is -2.27. The summed E-state index contributed by atoms with van der Waals surface area (Å²) in [6.07, 6.45) is 0.848. The average Bonchev–Trinajstić information content (AvgIpc) is 2.71. The molecule has 1 aromatic heterocycles. The van der Waals surface area contributed by atoms with Crippen molar-refractivity contribution >= 4 is 23.2 Å². The van der Waals surface area contributed by atoms with Gasteiger partial charge in [-0.15, -0.1) is 11.3 Å². The number of aromatic nitrogens is 1. The van der Waals surface area contributed by atoms with Crippen LogP contribution in [0.1, 0.15) is 37.4 Å². The van der Waals surface area contributed by atoms with Crippen LogP contribution in [0, 0.1) is 6.92 Å². The van der Waals surface area contributed by atoms with Crippen molar-refractivity contribution in [1.82, 2.24) is 10.3 Å². The van der Waals surface area contributed by atoms with E-state index in [1.54, 1.807) is 13.8 Å². The summed E-state index contributed by atoms with van der Waals surface area (Å²) in [5.74, 6) is -1.29. The lowest BCUT2D eigenvalue weighted by molar-refractivity contribution is -0.148. The Balaban J connectivity index is 2.70. The number of carbonyl (C=O) groups is 2. The number of carboxylic acid groups (broad SMARTS) is 1. The number of aryl methyl sites for hydroxylation is 1. The second kappa shape index (κ2) is 5.95. The molecule has 0 aromatic carbocycles. The van der Waals surface area contributed by atoms with Gasteiger partial charge in [-0.2, -0.15) is 0 Å². The molecule has 0 aliphatic heterocycles. The van der Waals surface area contributed by atoms with Gasteiger partial charge in [0, 0.05) is 5.38 Å². The maximum absolute atomic E-state index is 11.8. The molecular formula is C12H18N2O3S. The molecule has 6 heteroatoms. The summed E-state index contributed by atoms with van der Waals surface area (Å²) in [5.41, 5.74) is -0.483. The molecule has 1 aromatic rings. The molecule has 1 amide bonds. The van der Waals surface area contributed by atoms with Crippen molar-refractivity contribution in [2.45, 2.75) is 45.6 Å². The van der Waals surface area contributed by atoms with Crippen LogP contribution >= 0.6 is 11.3 Å². The van der Waals surface area contributed by atoms with Crippen molar-refractivity contribution in [3.8, 4) is 0 Å². The van der Waals surface area contributed by atoms with E-state index in [-0.39, 0.29) is 12.3 Å². The molecule has 5 nitrogen and oxygen atoms in total. The zero-order valence-corrected chi connectivity index (χ0v) is 11.6. The minimum absolute atomic E-state index is 0.124. The monoisotopic (exact) mass is 270 g/mol. The molecule has 100 valence electrons. The molecule has 0 saturated heterocycles. The standard InChI is InChI=1S/C12H18N2O3S/c1-4-12(5-2,11(16)17)14-10(15)6-9-7-18-8(3)13-9/h7H,4-6H2,1-3H3,(H,14,15)(H,16,17). The van der Waals surface area contributed by atoms with Crippen molar-refractivity contribution < 1.29 is 14.7 Å². The minimum atomic E-state index is -1.16. The summed E-state index contributed by atoms with van der Waals surface area (Å²) in [6.45, 7) is 5.38. The van der Waals surface area contributed by atoms with Crippen molar-refractivity contribution in [1.29, 1.82) is 0 Å². The SMILES string of the molecule is CCC(CC)(NC(=O)Cc1csc(C)n1)C(=O)O. The molecule has 0 atom stereocenters.